The van der Waals surface area contributed by atoms with Gasteiger partial charge in [0.25, 0.3) is 0 Å². The normalized spacial score (nSPS) is 11.5. The van der Waals surface area contributed by atoms with Crippen LogP contribution in [0.3, 0.4) is 0 Å². The second-order valence-electron chi connectivity index (χ2n) is 4.75. The quantitative estimate of drug-likeness (QED) is 0.946. The number of rotatable bonds is 3. The fourth-order valence-electron chi connectivity index (χ4n) is 1.90. The molecule has 0 amide bonds. The first-order valence-electron chi connectivity index (χ1n) is 6.25. The maximum Gasteiger partial charge on any atom is 0.451 e. The zero-order chi connectivity index (χ0) is 15.6. The lowest BCUT2D eigenvalue weighted by atomic mass is 10.1. The number of nitrogens with zero attached hydrogens (tertiary/aromatic N) is 3. The molecule has 0 fully saturated rings. The number of nitrogens with two attached hydrogens (primary N) is 1. The Morgan fingerprint density at radius 1 is 1.19 bits per heavy atom. The molecule has 0 radical (unpaired) electrons. The van der Waals surface area contributed by atoms with Gasteiger partial charge in [0.2, 0.25) is 5.82 Å². The summed E-state index contributed by atoms with van der Waals surface area (Å²) >= 11 is 0. The molecule has 1 aromatic heterocycles. The van der Waals surface area contributed by atoms with Gasteiger partial charge in [-0.3, -0.25) is 0 Å². The standard InChI is InChI=1S/C14H15F3N4/c1-9-5-3-4-6-10(9)8-21(2)12-7-11(18)19-13(20-12)14(15,16)17/h3-7H,8H2,1-2H3,(H2,18,19,20). The molecule has 0 aliphatic heterocycles. The van der Waals surface area contributed by atoms with E-state index in [-0.39, 0.29) is 11.6 Å². The maximum absolute atomic E-state index is 12.7. The Balaban J connectivity index is 2.29. The van der Waals surface area contributed by atoms with E-state index in [0.29, 0.717) is 6.54 Å². The van der Waals surface area contributed by atoms with Gasteiger partial charge in [-0.05, 0) is 18.1 Å². The number of nitrogen functional groups attached to an aromatic ring is 1. The first kappa shape index (κ1) is 15.1. The highest BCUT2D eigenvalue weighted by Crippen LogP contribution is 2.28. The molecule has 0 unspecified atom stereocenters. The number of hydrogen-bond acceptors (Lipinski definition) is 4. The van der Waals surface area contributed by atoms with Crippen molar-refractivity contribution >= 4 is 11.6 Å². The van der Waals surface area contributed by atoms with Gasteiger partial charge in [-0.15, -0.1) is 0 Å². The summed E-state index contributed by atoms with van der Waals surface area (Å²) in [6, 6.07) is 8.97. The molecule has 1 heterocycles. The van der Waals surface area contributed by atoms with Gasteiger partial charge in [-0.25, -0.2) is 9.97 Å². The molecule has 0 spiro atoms. The lowest BCUT2D eigenvalue weighted by Crippen LogP contribution is -2.21. The summed E-state index contributed by atoms with van der Waals surface area (Å²) in [5, 5.41) is 0. The summed E-state index contributed by atoms with van der Waals surface area (Å²) in [5.74, 6) is -1.30. The number of anilines is 2. The van der Waals surface area contributed by atoms with Crippen LogP contribution < -0.4 is 10.6 Å². The lowest BCUT2D eigenvalue weighted by molar-refractivity contribution is -0.144. The van der Waals surface area contributed by atoms with Gasteiger partial charge in [0.05, 0.1) is 0 Å². The van der Waals surface area contributed by atoms with Crippen LogP contribution in [0.5, 0.6) is 0 Å². The number of aromatic nitrogens is 2. The minimum absolute atomic E-state index is 0.137. The average Bonchev–Trinajstić information content (AvgIpc) is 2.39. The molecule has 0 bridgehead atoms. The van der Waals surface area contributed by atoms with Crippen molar-refractivity contribution in [2.24, 2.45) is 0 Å². The fraction of sp³-hybridized carbons (Fsp3) is 0.286. The van der Waals surface area contributed by atoms with E-state index in [1.54, 1.807) is 11.9 Å². The van der Waals surface area contributed by atoms with E-state index in [2.05, 4.69) is 9.97 Å². The fourth-order valence-corrected chi connectivity index (χ4v) is 1.90. The van der Waals surface area contributed by atoms with Crippen molar-refractivity contribution in [1.29, 1.82) is 0 Å². The SMILES string of the molecule is Cc1ccccc1CN(C)c1cc(N)nc(C(F)(F)F)n1. The van der Waals surface area contributed by atoms with Crippen LogP contribution in [-0.4, -0.2) is 17.0 Å². The molecule has 1 aromatic carbocycles. The third kappa shape index (κ3) is 3.62. The minimum atomic E-state index is -4.62. The smallest absolute Gasteiger partial charge is 0.384 e. The molecule has 2 rings (SSSR count). The van der Waals surface area contributed by atoms with Crippen LogP contribution in [0.15, 0.2) is 30.3 Å². The molecule has 21 heavy (non-hydrogen) atoms. The number of halogens is 3. The Morgan fingerprint density at radius 3 is 2.48 bits per heavy atom. The van der Waals surface area contributed by atoms with Crippen LogP contribution in [0.4, 0.5) is 24.8 Å². The second kappa shape index (κ2) is 5.59. The molecule has 0 saturated carbocycles. The van der Waals surface area contributed by atoms with E-state index >= 15 is 0 Å². The van der Waals surface area contributed by atoms with Crippen LogP contribution in [0.2, 0.25) is 0 Å². The summed E-state index contributed by atoms with van der Waals surface area (Å²) in [7, 11) is 1.66. The Morgan fingerprint density at radius 2 is 1.86 bits per heavy atom. The van der Waals surface area contributed by atoms with Gasteiger partial charge >= 0.3 is 6.18 Å². The van der Waals surface area contributed by atoms with Crippen LogP contribution >= 0.6 is 0 Å². The molecule has 2 N–H and O–H groups in total. The molecular weight excluding hydrogens is 281 g/mol. The van der Waals surface area contributed by atoms with Crippen molar-refractivity contribution in [3.8, 4) is 0 Å². The predicted molar refractivity (Wildman–Crippen MR) is 74.7 cm³/mol. The molecule has 112 valence electrons. The Hall–Kier alpha value is -2.31. The highest BCUT2D eigenvalue weighted by atomic mass is 19.4. The van der Waals surface area contributed by atoms with E-state index in [1.165, 1.54) is 6.07 Å². The Kier molecular flexibility index (Phi) is 4.02. The van der Waals surface area contributed by atoms with Crippen molar-refractivity contribution in [3.63, 3.8) is 0 Å². The highest BCUT2D eigenvalue weighted by molar-refractivity contribution is 5.47. The minimum Gasteiger partial charge on any atom is -0.384 e. The number of alkyl halides is 3. The Bertz CT molecular complexity index is 640. The number of hydrogen-bond donors (Lipinski definition) is 1. The number of aryl methyl sites for hydroxylation is 1. The summed E-state index contributed by atoms with van der Waals surface area (Å²) in [4.78, 5) is 8.37. The Labute approximate surface area is 120 Å². The average molecular weight is 296 g/mol. The number of benzene rings is 1. The van der Waals surface area contributed by atoms with E-state index in [9.17, 15) is 13.2 Å². The van der Waals surface area contributed by atoms with Gasteiger partial charge in [0.1, 0.15) is 11.6 Å². The first-order valence-corrected chi connectivity index (χ1v) is 6.25. The van der Waals surface area contributed by atoms with Crippen molar-refractivity contribution in [3.05, 3.63) is 47.3 Å². The van der Waals surface area contributed by atoms with Crippen LogP contribution in [0.1, 0.15) is 17.0 Å². The molecular formula is C14H15F3N4. The van der Waals surface area contributed by atoms with E-state index in [1.807, 2.05) is 31.2 Å². The molecule has 0 aliphatic rings. The molecule has 0 aliphatic carbocycles. The molecule has 0 saturated heterocycles. The summed E-state index contributed by atoms with van der Waals surface area (Å²) in [5.41, 5.74) is 7.50. The lowest BCUT2D eigenvalue weighted by Gasteiger charge is -2.20. The third-order valence-electron chi connectivity index (χ3n) is 3.05. The maximum atomic E-state index is 12.7. The summed E-state index contributed by atoms with van der Waals surface area (Å²) in [6.45, 7) is 2.37. The van der Waals surface area contributed by atoms with Gasteiger partial charge in [-0.1, -0.05) is 24.3 Å². The predicted octanol–water partition coefficient (Wildman–Crippen LogP) is 3.02. The largest absolute Gasteiger partial charge is 0.451 e. The van der Waals surface area contributed by atoms with Gasteiger partial charge in [-0.2, -0.15) is 13.2 Å². The van der Waals surface area contributed by atoms with Crippen LogP contribution in [-0.2, 0) is 12.7 Å². The van der Waals surface area contributed by atoms with Crippen molar-refractivity contribution in [2.75, 3.05) is 17.7 Å². The van der Waals surface area contributed by atoms with Crippen molar-refractivity contribution < 1.29 is 13.2 Å². The summed E-state index contributed by atoms with van der Waals surface area (Å²) < 4.78 is 38.1. The zero-order valence-corrected chi connectivity index (χ0v) is 11.6. The van der Waals surface area contributed by atoms with Gasteiger partial charge in [0, 0.05) is 19.7 Å². The topological polar surface area (TPSA) is 55.0 Å². The van der Waals surface area contributed by atoms with Crippen molar-refractivity contribution in [2.45, 2.75) is 19.6 Å². The zero-order valence-electron chi connectivity index (χ0n) is 11.6. The molecule has 7 heteroatoms. The third-order valence-corrected chi connectivity index (χ3v) is 3.05. The van der Waals surface area contributed by atoms with Crippen LogP contribution in [0, 0.1) is 6.92 Å². The highest BCUT2D eigenvalue weighted by Gasteiger charge is 2.35. The van der Waals surface area contributed by atoms with E-state index < -0.39 is 12.0 Å². The molecule has 4 nitrogen and oxygen atoms in total. The van der Waals surface area contributed by atoms with Crippen LogP contribution in [0.25, 0.3) is 0 Å². The van der Waals surface area contributed by atoms with E-state index in [0.717, 1.165) is 11.1 Å². The summed E-state index contributed by atoms with van der Waals surface area (Å²) in [6.07, 6.45) is -4.62. The van der Waals surface area contributed by atoms with Gasteiger partial charge < -0.3 is 10.6 Å². The molecule has 2 aromatic rings. The monoisotopic (exact) mass is 296 g/mol. The van der Waals surface area contributed by atoms with Gasteiger partial charge in [0.15, 0.2) is 0 Å². The van der Waals surface area contributed by atoms with E-state index in [4.69, 9.17) is 5.73 Å². The second-order valence-corrected chi connectivity index (χ2v) is 4.75. The van der Waals surface area contributed by atoms with Crippen molar-refractivity contribution in [1.82, 2.24) is 9.97 Å². The molecule has 0 atom stereocenters. The first-order chi connectivity index (χ1) is 9.77.